The van der Waals surface area contributed by atoms with Gasteiger partial charge >= 0.3 is 0 Å². The molecule has 1 aromatic heterocycles. The SMILES string of the molecule is CC(C)=CCCCCCOC(C)(C)Cc1ccc(-c2ncco2)cc1. The van der Waals surface area contributed by atoms with E-state index in [1.807, 2.05) is 0 Å². The van der Waals surface area contributed by atoms with Crippen LogP contribution < -0.4 is 0 Å². The first-order valence-corrected chi connectivity index (χ1v) is 9.22. The zero-order valence-electron chi connectivity index (χ0n) is 16.0. The van der Waals surface area contributed by atoms with E-state index in [1.165, 1.54) is 30.4 Å². The molecule has 2 rings (SSSR count). The smallest absolute Gasteiger partial charge is 0.225 e. The van der Waals surface area contributed by atoms with E-state index in [0.29, 0.717) is 5.89 Å². The summed E-state index contributed by atoms with van der Waals surface area (Å²) in [5.41, 5.74) is 3.53. The highest BCUT2D eigenvalue weighted by molar-refractivity contribution is 5.53. The van der Waals surface area contributed by atoms with Crippen LogP contribution in [0.1, 0.15) is 58.9 Å². The largest absolute Gasteiger partial charge is 0.445 e. The number of benzene rings is 1. The maximum absolute atomic E-state index is 6.12. The van der Waals surface area contributed by atoms with Crippen LogP contribution in [-0.4, -0.2) is 17.2 Å². The highest BCUT2D eigenvalue weighted by atomic mass is 16.5. The molecule has 0 aliphatic rings. The Bertz CT molecular complexity index is 635. The summed E-state index contributed by atoms with van der Waals surface area (Å²) in [5.74, 6) is 0.662. The predicted octanol–water partition coefficient (Wildman–Crippen LogP) is 6.21. The number of hydrogen-bond acceptors (Lipinski definition) is 3. The molecule has 0 bridgehead atoms. The molecule has 1 aromatic carbocycles. The van der Waals surface area contributed by atoms with E-state index in [9.17, 15) is 0 Å². The number of oxazole rings is 1. The summed E-state index contributed by atoms with van der Waals surface area (Å²) in [7, 11) is 0. The molecule has 2 aromatic rings. The lowest BCUT2D eigenvalue weighted by Gasteiger charge is -2.25. The van der Waals surface area contributed by atoms with Gasteiger partial charge in [0.15, 0.2) is 0 Å². The molecule has 0 N–H and O–H groups in total. The molecule has 0 fully saturated rings. The number of allylic oxidation sites excluding steroid dienone is 2. The maximum atomic E-state index is 6.12. The first-order chi connectivity index (χ1) is 12.0. The number of nitrogens with zero attached hydrogens (tertiary/aromatic N) is 1. The van der Waals surface area contributed by atoms with Gasteiger partial charge in [-0.1, -0.05) is 30.2 Å². The number of aromatic nitrogens is 1. The fraction of sp³-hybridized carbons (Fsp3) is 0.500. The normalized spacial score (nSPS) is 11.5. The molecule has 0 aliphatic carbocycles. The van der Waals surface area contributed by atoms with E-state index >= 15 is 0 Å². The van der Waals surface area contributed by atoms with Crippen molar-refractivity contribution in [2.24, 2.45) is 0 Å². The third kappa shape index (κ3) is 7.27. The summed E-state index contributed by atoms with van der Waals surface area (Å²) in [6.45, 7) is 9.47. The molecular formula is C22H31NO2. The summed E-state index contributed by atoms with van der Waals surface area (Å²) in [5, 5.41) is 0. The quantitative estimate of drug-likeness (QED) is 0.381. The van der Waals surface area contributed by atoms with Crippen LogP contribution in [0, 0.1) is 0 Å². The van der Waals surface area contributed by atoms with Gasteiger partial charge in [-0.05, 0) is 64.7 Å². The lowest BCUT2D eigenvalue weighted by atomic mass is 9.97. The number of ether oxygens (including phenoxy) is 1. The fourth-order valence-corrected chi connectivity index (χ4v) is 2.84. The van der Waals surface area contributed by atoms with E-state index < -0.39 is 0 Å². The average Bonchev–Trinajstić information content (AvgIpc) is 3.08. The Morgan fingerprint density at radius 1 is 1.12 bits per heavy atom. The second-order valence-electron chi connectivity index (χ2n) is 7.45. The number of unbranched alkanes of at least 4 members (excludes halogenated alkanes) is 3. The van der Waals surface area contributed by atoms with Crippen molar-refractivity contribution in [1.29, 1.82) is 0 Å². The lowest BCUT2D eigenvalue weighted by Crippen LogP contribution is -2.27. The van der Waals surface area contributed by atoms with E-state index in [-0.39, 0.29) is 5.60 Å². The lowest BCUT2D eigenvalue weighted by molar-refractivity contribution is -0.0186. The highest BCUT2D eigenvalue weighted by Crippen LogP contribution is 2.22. The minimum Gasteiger partial charge on any atom is -0.445 e. The Morgan fingerprint density at radius 3 is 2.52 bits per heavy atom. The molecule has 3 heteroatoms. The van der Waals surface area contributed by atoms with Gasteiger partial charge in [0.05, 0.1) is 11.8 Å². The van der Waals surface area contributed by atoms with Crippen molar-refractivity contribution in [3.63, 3.8) is 0 Å². The Morgan fingerprint density at radius 2 is 1.88 bits per heavy atom. The van der Waals surface area contributed by atoms with Crippen LogP contribution in [0.4, 0.5) is 0 Å². The van der Waals surface area contributed by atoms with Crippen molar-refractivity contribution >= 4 is 0 Å². The van der Waals surface area contributed by atoms with Gasteiger partial charge in [0, 0.05) is 18.6 Å². The molecule has 0 saturated heterocycles. The van der Waals surface area contributed by atoms with Crippen molar-refractivity contribution in [2.45, 2.75) is 65.4 Å². The standard InChI is InChI=1S/C22H31NO2/c1-18(2)9-7-5-6-8-15-25-22(3,4)17-19-10-12-20(13-11-19)21-23-14-16-24-21/h9-14,16H,5-8,15,17H2,1-4H3. The molecule has 0 amide bonds. The van der Waals surface area contributed by atoms with Crippen LogP contribution >= 0.6 is 0 Å². The van der Waals surface area contributed by atoms with Crippen molar-refractivity contribution < 1.29 is 9.15 Å². The summed E-state index contributed by atoms with van der Waals surface area (Å²) in [6, 6.07) is 8.37. The van der Waals surface area contributed by atoms with Crippen LogP contribution in [0.5, 0.6) is 0 Å². The van der Waals surface area contributed by atoms with Gasteiger partial charge in [0.2, 0.25) is 5.89 Å². The van der Waals surface area contributed by atoms with E-state index in [4.69, 9.17) is 9.15 Å². The van der Waals surface area contributed by atoms with Gasteiger partial charge in [-0.15, -0.1) is 0 Å². The van der Waals surface area contributed by atoms with Crippen LogP contribution in [0.2, 0.25) is 0 Å². The van der Waals surface area contributed by atoms with Gasteiger partial charge in [-0.25, -0.2) is 4.98 Å². The third-order valence-corrected chi connectivity index (χ3v) is 4.16. The zero-order chi connectivity index (χ0) is 18.1. The molecule has 0 atom stereocenters. The molecule has 1 heterocycles. The average molecular weight is 341 g/mol. The second-order valence-corrected chi connectivity index (χ2v) is 7.45. The molecule has 0 radical (unpaired) electrons. The van der Waals surface area contributed by atoms with E-state index in [0.717, 1.165) is 25.0 Å². The monoisotopic (exact) mass is 341 g/mol. The number of rotatable bonds is 10. The summed E-state index contributed by atoms with van der Waals surface area (Å²) >= 11 is 0. The van der Waals surface area contributed by atoms with Crippen LogP contribution in [0.25, 0.3) is 11.5 Å². The summed E-state index contributed by atoms with van der Waals surface area (Å²) in [4.78, 5) is 4.18. The minimum atomic E-state index is -0.148. The van der Waals surface area contributed by atoms with Gasteiger partial charge in [-0.2, -0.15) is 0 Å². The topological polar surface area (TPSA) is 35.3 Å². The van der Waals surface area contributed by atoms with Gasteiger partial charge in [-0.3, -0.25) is 0 Å². The fourth-order valence-electron chi connectivity index (χ4n) is 2.84. The first kappa shape index (κ1) is 19.5. The first-order valence-electron chi connectivity index (χ1n) is 9.22. The Kier molecular flexibility index (Phi) is 7.45. The summed E-state index contributed by atoms with van der Waals surface area (Å²) in [6.07, 6.45) is 11.3. The molecular weight excluding hydrogens is 310 g/mol. The van der Waals surface area contributed by atoms with Crippen molar-refractivity contribution in [3.05, 3.63) is 53.9 Å². The maximum Gasteiger partial charge on any atom is 0.225 e. The number of hydrogen-bond donors (Lipinski definition) is 0. The zero-order valence-corrected chi connectivity index (χ0v) is 16.0. The van der Waals surface area contributed by atoms with Crippen molar-refractivity contribution in [2.75, 3.05) is 6.61 Å². The van der Waals surface area contributed by atoms with Crippen LogP contribution in [0.3, 0.4) is 0 Å². The molecule has 0 unspecified atom stereocenters. The summed E-state index contributed by atoms with van der Waals surface area (Å²) < 4.78 is 11.4. The molecule has 0 spiro atoms. The minimum absolute atomic E-state index is 0.148. The Labute approximate surface area is 152 Å². The van der Waals surface area contributed by atoms with Gasteiger partial charge in [0.25, 0.3) is 0 Å². The second kappa shape index (κ2) is 9.57. The highest BCUT2D eigenvalue weighted by Gasteiger charge is 2.19. The van der Waals surface area contributed by atoms with Crippen molar-refractivity contribution in [3.8, 4) is 11.5 Å². The molecule has 0 saturated carbocycles. The van der Waals surface area contributed by atoms with Crippen LogP contribution in [0.15, 0.2) is 52.8 Å². The molecule has 3 nitrogen and oxygen atoms in total. The third-order valence-electron chi connectivity index (χ3n) is 4.16. The Balaban J connectivity index is 1.72. The van der Waals surface area contributed by atoms with E-state index in [2.05, 4.69) is 63.0 Å². The molecule has 0 aliphatic heterocycles. The van der Waals surface area contributed by atoms with Gasteiger partial charge in [0.1, 0.15) is 6.26 Å². The molecule has 136 valence electrons. The molecule has 25 heavy (non-hydrogen) atoms. The predicted molar refractivity (Wildman–Crippen MR) is 104 cm³/mol. The van der Waals surface area contributed by atoms with Gasteiger partial charge < -0.3 is 9.15 Å². The van der Waals surface area contributed by atoms with Crippen molar-refractivity contribution in [1.82, 2.24) is 4.98 Å². The Hall–Kier alpha value is -1.87. The van der Waals surface area contributed by atoms with Crippen LogP contribution in [-0.2, 0) is 11.2 Å². The van der Waals surface area contributed by atoms with E-state index in [1.54, 1.807) is 12.5 Å².